The molecule has 0 saturated carbocycles. The summed E-state index contributed by atoms with van der Waals surface area (Å²) in [6.45, 7) is 2.24. The molecule has 1 aromatic carbocycles. The fourth-order valence-corrected chi connectivity index (χ4v) is 3.72. The van der Waals surface area contributed by atoms with Crippen molar-refractivity contribution < 1.29 is 5.11 Å². The fourth-order valence-electron chi connectivity index (χ4n) is 2.94. The second-order valence-electron chi connectivity index (χ2n) is 6.15. The first-order chi connectivity index (χ1) is 12.2. The quantitative estimate of drug-likeness (QED) is 0.736. The van der Waals surface area contributed by atoms with Gasteiger partial charge in [0.25, 0.3) is 0 Å². The van der Waals surface area contributed by atoms with E-state index in [1.165, 1.54) is 10.4 Å². The van der Waals surface area contributed by atoms with Gasteiger partial charge in [-0.2, -0.15) is 10.1 Å². The molecule has 0 unspecified atom stereocenters. The van der Waals surface area contributed by atoms with E-state index in [-0.39, 0.29) is 12.6 Å². The lowest BCUT2D eigenvalue weighted by Crippen LogP contribution is -2.19. The normalized spacial score (nSPS) is 16.2. The summed E-state index contributed by atoms with van der Waals surface area (Å²) in [7, 11) is 0. The van der Waals surface area contributed by atoms with Gasteiger partial charge in [-0.3, -0.25) is 0 Å². The van der Waals surface area contributed by atoms with Gasteiger partial charge in [-0.1, -0.05) is 35.9 Å². The highest BCUT2D eigenvalue weighted by Crippen LogP contribution is 2.34. The molecular weight excluding hydrogens is 332 g/mol. The Morgan fingerprint density at radius 3 is 2.80 bits per heavy atom. The number of thiophene rings is 1. The van der Waals surface area contributed by atoms with Crippen molar-refractivity contribution in [1.82, 2.24) is 14.8 Å². The summed E-state index contributed by atoms with van der Waals surface area (Å²) in [6.07, 6.45) is 3.55. The van der Waals surface area contributed by atoms with E-state index in [4.69, 9.17) is 5.11 Å². The SMILES string of the molecule is Cc1ccc(C2=C[C@@H](c3cccs3)n3nc(CCCO)nc3N2)cc1. The van der Waals surface area contributed by atoms with E-state index in [0.717, 1.165) is 23.0 Å². The molecule has 3 heterocycles. The van der Waals surface area contributed by atoms with Crippen molar-refractivity contribution in [2.45, 2.75) is 25.8 Å². The average molecular weight is 352 g/mol. The molecule has 3 aromatic rings. The Morgan fingerprint density at radius 1 is 1.24 bits per heavy atom. The summed E-state index contributed by atoms with van der Waals surface area (Å²) >= 11 is 1.72. The molecule has 0 saturated heterocycles. The molecule has 0 amide bonds. The molecule has 0 spiro atoms. The van der Waals surface area contributed by atoms with E-state index in [1.54, 1.807) is 11.3 Å². The number of nitrogens with one attached hydrogen (secondary N) is 1. The van der Waals surface area contributed by atoms with E-state index in [0.29, 0.717) is 12.8 Å². The van der Waals surface area contributed by atoms with Crippen molar-refractivity contribution in [3.63, 3.8) is 0 Å². The van der Waals surface area contributed by atoms with Crippen molar-refractivity contribution >= 4 is 23.0 Å². The largest absolute Gasteiger partial charge is 0.396 e. The zero-order valence-corrected chi connectivity index (χ0v) is 14.8. The lowest BCUT2D eigenvalue weighted by Gasteiger charge is -2.23. The average Bonchev–Trinajstić information content (AvgIpc) is 3.29. The van der Waals surface area contributed by atoms with Crippen molar-refractivity contribution in [3.05, 3.63) is 69.7 Å². The second-order valence-corrected chi connectivity index (χ2v) is 7.13. The number of aryl methyl sites for hydroxylation is 2. The molecule has 0 fully saturated rings. The maximum absolute atomic E-state index is 9.06. The standard InChI is InChI=1S/C19H20N4OS/c1-13-6-8-14(9-7-13)15-12-16(17-4-3-11-25-17)23-19(20-15)21-18(22-23)5-2-10-24/h3-4,6-9,11-12,16,24H,2,5,10H2,1H3,(H,20,21,22)/t16-/m0/s1. The van der Waals surface area contributed by atoms with E-state index in [1.807, 2.05) is 4.68 Å². The Balaban J connectivity index is 1.74. The number of hydrogen-bond acceptors (Lipinski definition) is 5. The lowest BCUT2D eigenvalue weighted by molar-refractivity contribution is 0.287. The third kappa shape index (κ3) is 3.23. The minimum Gasteiger partial charge on any atom is -0.396 e. The number of aliphatic hydroxyl groups excluding tert-OH is 1. The van der Waals surface area contributed by atoms with E-state index in [9.17, 15) is 0 Å². The van der Waals surface area contributed by atoms with Crippen LogP contribution >= 0.6 is 11.3 Å². The molecule has 128 valence electrons. The molecule has 4 rings (SSSR count). The Hall–Kier alpha value is -2.44. The molecule has 1 atom stereocenters. The van der Waals surface area contributed by atoms with Crippen molar-refractivity contribution in [2.24, 2.45) is 0 Å². The molecule has 0 bridgehead atoms. The highest BCUT2D eigenvalue weighted by atomic mass is 32.1. The number of allylic oxidation sites excluding steroid dienone is 1. The van der Waals surface area contributed by atoms with Crippen LogP contribution in [0.5, 0.6) is 0 Å². The third-order valence-electron chi connectivity index (χ3n) is 4.27. The number of anilines is 1. The number of aliphatic hydroxyl groups is 1. The van der Waals surface area contributed by atoms with Gasteiger partial charge in [-0.15, -0.1) is 11.3 Å². The maximum atomic E-state index is 9.06. The molecule has 2 N–H and O–H groups in total. The van der Waals surface area contributed by atoms with Crippen molar-refractivity contribution in [3.8, 4) is 0 Å². The molecule has 1 aliphatic heterocycles. The van der Waals surface area contributed by atoms with Gasteiger partial charge in [0.1, 0.15) is 6.04 Å². The number of rotatable bonds is 5. The van der Waals surface area contributed by atoms with Gasteiger partial charge >= 0.3 is 0 Å². The molecule has 25 heavy (non-hydrogen) atoms. The van der Waals surface area contributed by atoms with Gasteiger partial charge in [0.2, 0.25) is 5.95 Å². The van der Waals surface area contributed by atoms with E-state index < -0.39 is 0 Å². The van der Waals surface area contributed by atoms with Gasteiger partial charge in [0.05, 0.1) is 0 Å². The van der Waals surface area contributed by atoms with Crippen LogP contribution in [0.3, 0.4) is 0 Å². The maximum Gasteiger partial charge on any atom is 0.226 e. The van der Waals surface area contributed by atoms with Crippen LogP contribution in [0.4, 0.5) is 5.95 Å². The molecule has 2 aromatic heterocycles. The van der Waals surface area contributed by atoms with Gasteiger partial charge in [0.15, 0.2) is 5.82 Å². The Labute approximate surface area is 150 Å². The number of benzene rings is 1. The Morgan fingerprint density at radius 2 is 2.08 bits per heavy atom. The van der Waals surface area contributed by atoms with Gasteiger partial charge in [-0.25, -0.2) is 4.68 Å². The first-order valence-electron chi connectivity index (χ1n) is 8.40. The number of hydrogen-bond donors (Lipinski definition) is 2. The summed E-state index contributed by atoms with van der Waals surface area (Å²) in [5.74, 6) is 1.51. The zero-order valence-electron chi connectivity index (χ0n) is 14.0. The fraction of sp³-hybridized carbons (Fsp3) is 0.263. The van der Waals surface area contributed by atoms with E-state index >= 15 is 0 Å². The molecule has 0 aliphatic carbocycles. The predicted octanol–water partition coefficient (Wildman–Crippen LogP) is 3.63. The number of aromatic nitrogens is 3. The summed E-state index contributed by atoms with van der Waals surface area (Å²) in [4.78, 5) is 5.86. The number of nitrogens with zero attached hydrogens (tertiary/aromatic N) is 3. The zero-order chi connectivity index (χ0) is 17.2. The molecule has 6 heteroatoms. The van der Waals surface area contributed by atoms with Crippen LogP contribution in [-0.2, 0) is 6.42 Å². The Kier molecular flexibility index (Phi) is 4.38. The summed E-state index contributed by atoms with van der Waals surface area (Å²) in [5.41, 5.74) is 3.43. The van der Waals surface area contributed by atoms with Crippen molar-refractivity contribution in [2.75, 3.05) is 11.9 Å². The van der Waals surface area contributed by atoms with Crippen LogP contribution in [0.25, 0.3) is 5.70 Å². The van der Waals surface area contributed by atoms with Crippen LogP contribution in [0, 0.1) is 6.92 Å². The monoisotopic (exact) mass is 352 g/mol. The lowest BCUT2D eigenvalue weighted by atomic mass is 10.1. The number of fused-ring (bicyclic) bond motifs is 1. The topological polar surface area (TPSA) is 63.0 Å². The van der Waals surface area contributed by atoms with Crippen LogP contribution in [-0.4, -0.2) is 26.5 Å². The summed E-state index contributed by atoms with van der Waals surface area (Å²) in [6, 6.07) is 12.7. The molecular formula is C19H20N4OS. The smallest absolute Gasteiger partial charge is 0.226 e. The Bertz CT molecular complexity index is 881. The molecule has 5 nitrogen and oxygen atoms in total. The third-order valence-corrected chi connectivity index (χ3v) is 5.21. The van der Waals surface area contributed by atoms with Gasteiger partial charge < -0.3 is 10.4 Å². The van der Waals surface area contributed by atoms with Crippen LogP contribution in [0.15, 0.2) is 47.9 Å². The van der Waals surface area contributed by atoms with Gasteiger partial charge in [-0.05, 0) is 36.4 Å². The molecule has 1 aliphatic rings. The highest BCUT2D eigenvalue weighted by Gasteiger charge is 2.25. The summed E-state index contributed by atoms with van der Waals surface area (Å²) < 4.78 is 1.94. The predicted molar refractivity (Wildman–Crippen MR) is 101 cm³/mol. The minimum atomic E-state index is 0.0305. The summed E-state index contributed by atoms with van der Waals surface area (Å²) in [5, 5.41) is 19.2. The van der Waals surface area contributed by atoms with Crippen molar-refractivity contribution in [1.29, 1.82) is 0 Å². The highest BCUT2D eigenvalue weighted by molar-refractivity contribution is 7.10. The van der Waals surface area contributed by atoms with Crippen LogP contribution < -0.4 is 5.32 Å². The van der Waals surface area contributed by atoms with Gasteiger partial charge in [0, 0.05) is 23.6 Å². The van der Waals surface area contributed by atoms with Crippen LogP contribution in [0.1, 0.15) is 34.3 Å². The minimum absolute atomic E-state index is 0.0305. The molecule has 0 radical (unpaired) electrons. The van der Waals surface area contributed by atoms with Crippen LogP contribution in [0.2, 0.25) is 0 Å². The first-order valence-corrected chi connectivity index (χ1v) is 9.28. The second kappa shape index (κ2) is 6.82. The van der Waals surface area contributed by atoms with E-state index in [2.05, 4.69) is 70.2 Å². The first kappa shape index (κ1) is 16.1.